The van der Waals surface area contributed by atoms with Crippen LogP contribution in [0.15, 0.2) is 30.3 Å². The van der Waals surface area contributed by atoms with Gasteiger partial charge in [0.05, 0.1) is 5.92 Å². The lowest BCUT2D eigenvalue weighted by Gasteiger charge is -2.34. The molecule has 1 amide bonds. The number of carbonyl (C=O) groups excluding carboxylic acids is 1. The van der Waals surface area contributed by atoms with E-state index in [4.69, 9.17) is 9.84 Å². The van der Waals surface area contributed by atoms with Crippen LogP contribution >= 0.6 is 0 Å². The maximum Gasteiger partial charge on any atom is 0.307 e. The zero-order chi connectivity index (χ0) is 15.7. The van der Waals surface area contributed by atoms with Gasteiger partial charge in [0, 0.05) is 13.1 Å². The zero-order valence-electron chi connectivity index (χ0n) is 12.7. The standard InChI is InChI=1S/C17H21NO4/c1-12(22-13-5-3-2-4-6-13)15(19)18-9-7-17(8-10-18)11-14(17)16(20)21/h2-6,12,14H,7-11H2,1H3,(H,20,21). The normalized spacial score (nSPS) is 23.9. The van der Waals surface area contributed by atoms with Crippen LogP contribution in [0.2, 0.25) is 0 Å². The highest BCUT2D eigenvalue weighted by molar-refractivity contribution is 5.81. The molecule has 5 nitrogen and oxygen atoms in total. The molecule has 1 aromatic rings. The number of rotatable bonds is 4. The lowest BCUT2D eigenvalue weighted by Crippen LogP contribution is -2.45. The Morgan fingerprint density at radius 3 is 2.45 bits per heavy atom. The molecule has 1 aliphatic carbocycles. The molecule has 1 saturated carbocycles. The van der Waals surface area contributed by atoms with Crippen LogP contribution in [0.25, 0.3) is 0 Å². The summed E-state index contributed by atoms with van der Waals surface area (Å²) in [4.78, 5) is 25.3. The van der Waals surface area contributed by atoms with Gasteiger partial charge >= 0.3 is 5.97 Å². The second kappa shape index (κ2) is 5.63. The minimum absolute atomic E-state index is 0.0220. The third-order valence-corrected chi connectivity index (χ3v) is 4.96. The number of carboxylic acids is 1. The van der Waals surface area contributed by atoms with Gasteiger partial charge in [0.2, 0.25) is 0 Å². The van der Waals surface area contributed by atoms with Crippen LogP contribution in [0.3, 0.4) is 0 Å². The van der Waals surface area contributed by atoms with Crippen LogP contribution in [0, 0.1) is 11.3 Å². The van der Waals surface area contributed by atoms with Gasteiger partial charge in [-0.25, -0.2) is 0 Å². The summed E-state index contributed by atoms with van der Waals surface area (Å²) in [5.74, 6) is -0.237. The third-order valence-electron chi connectivity index (χ3n) is 4.96. The van der Waals surface area contributed by atoms with E-state index in [1.54, 1.807) is 11.8 Å². The molecule has 1 heterocycles. The van der Waals surface area contributed by atoms with E-state index in [1.165, 1.54) is 0 Å². The van der Waals surface area contributed by atoms with Crippen LogP contribution in [0.1, 0.15) is 26.2 Å². The number of para-hydroxylation sites is 1. The van der Waals surface area contributed by atoms with Crippen LogP contribution in [0.4, 0.5) is 0 Å². The van der Waals surface area contributed by atoms with Crippen molar-refractivity contribution in [3.8, 4) is 5.75 Å². The van der Waals surface area contributed by atoms with Crippen molar-refractivity contribution >= 4 is 11.9 Å². The second-order valence-electron chi connectivity index (χ2n) is 6.36. The third kappa shape index (κ3) is 2.80. The molecule has 22 heavy (non-hydrogen) atoms. The number of aliphatic carboxylic acids is 1. The van der Waals surface area contributed by atoms with Gasteiger partial charge in [0.15, 0.2) is 6.10 Å². The summed E-state index contributed by atoms with van der Waals surface area (Å²) in [6.07, 6.45) is 1.81. The second-order valence-corrected chi connectivity index (χ2v) is 6.36. The van der Waals surface area contributed by atoms with Gasteiger partial charge in [-0.15, -0.1) is 0 Å². The van der Waals surface area contributed by atoms with Gasteiger partial charge in [0.1, 0.15) is 5.75 Å². The number of nitrogens with zero attached hydrogens (tertiary/aromatic N) is 1. The van der Waals surface area contributed by atoms with E-state index >= 15 is 0 Å². The molecule has 1 aromatic carbocycles. The van der Waals surface area contributed by atoms with Crippen LogP contribution in [0.5, 0.6) is 5.75 Å². The van der Waals surface area contributed by atoms with Crippen molar-refractivity contribution in [1.29, 1.82) is 0 Å². The minimum atomic E-state index is -0.694. The molecule has 1 aliphatic heterocycles. The highest BCUT2D eigenvalue weighted by Crippen LogP contribution is 2.59. The predicted octanol–water partition coefficient (Wildman–Crippen LogP) is 2.17. The van der Waals surface area contributed by atoms with E-state index in [1.807, 2.05) is 30.3 Å². The van der Waals surface area contributed by atoms with Crippen molar-refractivity contribution < 1.29 is 19.4 Å². The summed E-state index contributed by atoms with van der Waals surface area (Å²) in [5, 5.41) is 9.10. The number of hydrogen-bond donors (Lipinski definition) is 1. The van der Waals surface area contributed by atoms with Crippen LogP contribution < -0.4 is 4.74 Å². The smallest absolute Gasteiger partial charge is 0.307 e. The zero-order valence-corrected chi connectivity index (χ0v) is 12.7. The Balaban J connectivity index is 1.53. The van der Waals surface area contributed by atoms with Crippen molar-refractivity contribution in [2.45, 2.75) is 32.3 Å². The van der Waals surface area contributed by atoms with Crippen molar-refractivity contribution in [3.63, 3.8) is 0 Å². The van der Waals surface area contributed by atoms with E-state index < -0.39 is 12.1 Å². The number of benzene rings is 1. The van der Waals surface area contributed by atoms with Crippen molar-refractivity contribution in [2.24, 2.45) is 11.3 Å². The highest BCUT2D eigenvalue weighted by atomic mass is 16.5. The van der Waals surface area contributed by atoms with Crippen molar-refractivity contribution in [1.82, 2.24) is 4.90 Å². The van der Waals surface area contributed by atoms with Gasteiger partial charge in [-0.1, -0.05) is 18.2 Å². The molecule has 0 bridgehead atoms. The molecule has 118 valence electrons. The van der Waals surface area contributed by atoms with E-state index in [0.29, 0.717) is 18.8 Å². The first-order valence-electron chi connectivity index (χ1n) is 7.75. The summed E-state index contributed by atoms with van der Waals surface area (Å²) >= 11 is 0. The highest BCUT2D eigenvalue weighted by Gasteiger charge is 2.59. The number of piperidine rings is 1. The Morgan fingerprint density at radius 2 is 1.91 bits per heavy atom. The topological polar surface area (TPSA) is 66.8 Å². The number of amides is 1. The quantitative estimate of drug-likeness (QED) is 0.925. The first-order chi connectivity index (χ1) is 10.5. The fourth-order valence-electron chi connectivity index (χ4n) is 3.43. The molecule has 2 unspecified atom stereocenters. The molecular weight excluding hydrogens is 282 g/mol. The Kier molecular flexibility index (Phi) is 3.81. The molecule has 1 spiro atoms. The molecule has 3 rings (SSSR count). The number of ether oxygens (including phenoxy) is 1. The Bertz CT molecular complexity index is 563. The minimum Gasteiger partial charge on any atom is -0.481 e. The summed E-state index contributed by atoms with van der Waals surface area (Å²) in [6, 6.07) is 9.30. The summed E-state index contributed by atoms with van der Waals surface area (Å²) in [7, 11) is 0. The van der Waals surface area contributed by atoms with E-state index in [0.717, 1.165) is 19.3 Å². The molecule has 2 aliphatic rings. The van der Waals surface area contributed by atoms with Gasteiger partial charge in [0.25, 0.3) is 5.91 Å². The van der Waals surface area contributed by atoms with Crippen LogP contribution in [-0.4, -0.2) is 41.1 Å². The van der Waals surface area contributed by atoms with Gasteiger partial charge in [-0.3, -0.25) is 9.59 Å². The summed E-state index contributed by atoms with van der Waals surface area (Å²) < 4.78 is 5.67. The SMILES string of the molecule is CC(Oc1ccccc1)C(=O)N1CCC2(CC1)CC2C(=O)O. The maximum absolute atomic E-state index is 12.4. The van der Waals surface area contributed by atoms with Gasteiger partial charge < -0.3 is 14.7 Å². The maximum atomic E-state index is 12.4. The number of likely N-dealkylation sites (tertiary alicyclic amines) is 1. The van der Waals surface area contributed by atoms with Gasteiger partial charge in [-0.05, 0) is 43.7 Å². The van der Waals surface area contributed by atoms with E-state index in [9.17, 15) is 9.59 Å². The first-order valence-corrected chi connectivity index (χ1v) is 7.75. The predicted molar refractivity (Wildman–Crippen MR) is 80.5 cm³/mol. The monoisotopic (exact) mass is 303 g/mol. The molecule has 1 saturated heterocycles. The average Bonchev–Trinajstić information content (AvgIpc) is 3.22. The average molecular weight is 303 g/mol. The Labute approximate surface area is 129 Å². The van der Waals surface area contributed by atoms with Crippen LogP contribution in [-0.2, 0) is 9.59 Å². The number of carbonyl (C=O) groups is 2. The number of carboxylic acid groups (broad SMARTS) is 1. The lowest BCUT2D eigenvalue weighted by molar-refractivity contribution is -0.141. The van der Waals surface area contributed by atoms with E-state index in [2.05, 4.69) is 0 Å². The van der Waals surface area contributed by atoms with Crippen molar-refractivity contribution in [3.05, 3.63) is 30.3 Å². The largest absolute Gasteiger partial charge is 0.481 e. The lowest BCUT2D eigenvalue weighted by atomic mass is 9.90. The fraction of sp³-hybridized carbons (Fsp3) is 0.529. The molecule has 2 fully saturated rings. The fourth-order valence-corrected chi connectivity index (χ4v) is 3.43. The van der Waals surface area contributed by atoms with Crippen molar-refractivity contribution in [2.75, 3.05) is 13.1 Å². The summed E-state index contributed by atoms with van der Waals surface area (Å²) in [6.45, 7) is 3.02. The van der Waals surface area contributed by atoms with Gasteiger partial charge in [-0.2, -0.15) is 0 Å². The first kappa shape index (κ1) is 14.9. The Hall–Kier alpha value is -2.04. The molecule has 2 atom stereocenters. The summed E-state index contributed by atoms with van der Waals surface area (Å²) in [5.41, 5.74) is -0.0495. The number of hydrogen-bond acceptors (Lipinski definition) is 3. The molecule has 5 heteroatoms. The molecular formula is C17H21NO4. The van der Waals surface area contributed by atoms with E-state index in [-0.39, 0.29) is 17.2 Å². The molecule has 0 aromatic heterocycles. The Morgan fingerprint density at radius 1 is 1.27 bits per heavy atom. The molecule has 0 radical (unpaired) electrons. The molecule has 1 N–H and O–H groups in total.